The van der Waals surface area contributed by atoms with Crippen molar-refractivity contribution in [2.45, 2.75) is 26.2 Å². The van der Waals surface area contributed by atoms with Crippen LogP contribution in [0, 0.1) is 5.92 Å². The van der Waals surface area contributed by atoms with Gasteiger partial charge in [-0.1, -0.05) is 12.1 Å². The molecule has 0 bridgehead atoms. The van der Waals surface area contributed by atoms with Crippen LogP contribution >= 0.6 is 24.0 Å². The van der Waals surface area contributed by atoms with Crippen LogP contribution in [0.3, 0.4) is 0 Å². The number of aromatic nitrogens is 2. The zero-order valence-corrected chi connectivity index (χ0v) is 15.3. The highest BCUT2D eigenvalue weighted by Gasteiger charge is 2.20. The molecule has 0 radical (unpaired) electrons. The lowest BCUT2D eigenvalue weighted by Gasteiger charge is -2.10. The molecule has 0 saturated heterocycles. The number of rotatable bonds is 6. The highest BCUT2D eigenvalue weighted by molar-refractivity contribution is 14.0. The molecule has 120 valence electrons. The average Bonchev–Trinajstić information content (AvgIpc) is 3.23. The topological polar surface area (TPSA) is 65.1 Å². The van der Waals surface area contributed by atoms with E-state index in [-0.39, 0.29) is 24.0 Å². The number of hydrogen-bond acceptors (Lipinski definition) is 2. The van der Waals surface area contributed by atoms with E-state index in [1.807, 2.05) is 18.2 Å². The van der Waals surface area contributed by atoms with Gasteiger partial charge in [-0.05, 0) is 37.8 Å². The maximum absolute atomic E-state index is 4.61. The molecule has 0 unspecified atom stereocenters. The summed E-state index contributed by atoms with van der Waals surface area (Å²) in [5.41, 5.74) is 2.13. The van der Waals surface area contributed by atoms with Gasteiger partial charge in [0.1, 0.15) is 5.82 Å². The normalized spacial score (nSPS) is 14.7. The van der Waals surface area contributed by atoms with Crippen molar-refractivity contribution in [1.82, 2.24) is 20.6 Å². The molecule has 1 heterocycles. The van der Waals surface area contributed by atoms with Crippen LogP contribution < -0.4 is 10.6 Å². The monoisotopic (exact) mass is 413 g/mol. The van der Waals surface area contributed by atoms with E-state index in [0.29, 0.717) is 0 Å². The Morgan fingerprint density at radius 2 is 2.14 bits per heavy atom. The summed E-state index contributed by atoms with van der Waals surface area (Å²) in [6.45, 7) is 4.75. The smallest absolute Gasteiger partial charge is 0.191 e. The lowest BCUT2D eigenvalue weighted by molar-refractivity contribution is 0.764. The Kier molecular flexibility index (Phi) is 6.48. The number of imidazole rings is 1. The Labute approximate surface area is 148 Å². The van der Waals surface area contributed by atoms with Gasteiger partial charge in [-0.15, -0.1) is 24.0 Å². The number of H-pyrrole nitrogens is 1. The van der Waals surface area contributed by atoms with E-state index in [2.05, 4.69) is 38.6 Å². The summed E-state index contributed by atoms with van der Waals surface area (Å²) in [4.78, 5) is 12.5. The predicted octanol–water partition coefficient (Wildman–Crippen LogP) is 2.69. The zero-order valence-electron chi connectivity index (χ0n) is 12.9. The van der Waals surface area contributed by atoms with Gasteiger partial charge in [0, 0.05) is 26.1 Å². The van der Waals surface area contributed by atoms with Crippen LogP contribution in [-0.2, 0) is 6.42 Å². The second-order valence-corrected chi connectivity index (χ2v) is 5.54. The van der Waals surface area contributed by atoms with Crippen molar-refractivity contribution in [2.75, 3.05) is 19.6 Å². The number of benzene rings is 1. The predicted molar refractivity (Wildman–Crippen MR) is 102 cm³/mol. The summed E-state index contributed by atoms with van der Waals surface area (Å²) in [6, 6.07) is 8.12. The summed E-state index contributed by atoms with van der Waals surface area (Å²) >= 11 is 0. The number of aliphatic imine (C=N–C) groups is 1. The molecule has 3 N–H and O–H groups in total. The van der Waals surface area contributed by atoms with Crippen LogP contribution in [0.1, 0.15) is 25.6 Å². The lowest BCUT2D eigenvalue weighted by atomic mass is 10.3. The van der Waals surface area contributed by atoms with Gasteiger partial charge in [-0.3, -0.25) is 4.99 Å². The molecule has 1 aromatic carbocycles. The second kappa shape index (κ2) is 8.36. The first-order valence-electron chi connectivity index (χ1n) is 7.81. The number of guanidine groups is 1. The number of nitrogens with one attached hydrogen (secondary N) is 3. The van der Waals surface area contributed by atoms with E-state index < -0.39 is 0 Å². The third-order valence-corrected chi connectivity index (χ3v) is 3.64. The minimum Gasteiger partial charge on any atom is -0.357 e. The maximum atomic E-state index is 4.61. The first-order valence-corrected chi connectivity index (χ1v) is 7.81. The molecule has 22 heavy (non-hydrogen) atoms. The fraction of sp³-hybridized carbons (Fsp3) is 0.500. The number of aromatic amines is 1. The van der Waals surface area contributed by atoms with Crippen molar-refractivity contribution in [1.29, 1.82) is 0 Å². The van der Waals surface area contributed by atoms with Crippen molar-refractivity contribution < 1.29 is 0 Å². The highest BCUT2D eigenvalue weighted by atomic mass is 127. The number of halogens is 1. The van der Waals surface area contributed by atoms with Crippen LogP contribution in [0.25, 0.3) is 11.0 Å². The minimum absolute atomic E-state index is 0. The van der Waals surface area contributed by atoms with Crippen molar-refractivity contribution in [3.05, 3.63) is 30.1 Å². The number of fused-ring (bicyclic) bond motifs is 1. The van der Waals surface area contributed by atoms with Crippen LogP contribution in [0.4, 0.5) is 0 Å². The molecule has 1 fully saturated rings. The Morgan fingerprint density at radius 3 is 2.86 bits per heavy atom. The van der Waals surface area contributed by atoms with Gasteiger partial charge in [0.05, 0.1) is 11.0 Å². The fourth-order valence-corrected chi connectivity index (χ4v) is 2.29. The van der Waals surface area contributed by atoms with Gasteiger partial charge >= 0.3 is 0 Å². The first kappa shape index (κ1) is 17.1. The number of hydrogen-bond donors (Lipinski definition) is 3. The van der Waals surface area contributed by atoms with Gasteiger partial charge < -0.3 is 15.6 Å². The molecule has 1 aliphatic carbocycles. The van der Waals surface area contributed by atoms with Crippen LogP contribution in [-0.4, -0.2) is 35.6 Å². The molecule has 1 aromatic heterocycles. The Balaban J connectivity index is 0.00000176. The van der Waals surface area contributed by atoms with E-state index in [9.17, 15) is 0 Å². The van der Waals surface area contributed by atoms with Crippen molar-refractivity contribution in [3.63, 3.8) is 0 Å². The van der Waals surface area contributed by atoms with Gasteiger partial charge in [0.15, 0.2) is 5.96 Å². The molecular formula is C16H24IN5. The minimum atomic E-state index is 0. The third kappa shape index (κ3) is 4.86. The van der Waals surface area contributed by atoms with Gasteiger partial charge in [0.25, 0.3) is 0 Å². The van der Waals surface area contributed by atoms with E-state index in [1.54, 1.807) is 0 Å². The summed E-state index contributed by atoms with van der Waals surface area (Å²) in [5, 5.41) is 6.66. The second-order valence-electron chi connectivity index (χ2n) is 5.54. The van der Waals surface area contributed by atoms with Crippen molar-refractivity contribution in [3.8, 4) is 0 Å². The molecule has 2 aromatic rings. The van der Waals surface area contributed by atoms with E-state index >= 15 is 0 Å². The average molecular weight is 413 g/mol. The first-order chi connectivity index (χ1) is 10.3. The van der Waals surface area contributed by atoms with Crippen molar-refractivity contribution >= 4 is 41.0 Å². The van der Waals surface area contributed by atoms with Gasteiger partial charge in [0.2, 0.25) is 0 Å². The Bertz CT molecular complexity index is 585. The maximum Gasteiger partial charge on any atom is 0.191 e. The summed E-state index contributed by atoms with van der Waals surface area (Å²) in [7, 11) is 0. The Hall–Kier alpha value is -1.31. The van der Waals surface area contributed by atoms with E-state index in [4.69, 9.17) is 0 Å². The summed E-state index contributed by atoms with van der Waals surface area (Å²) in [6.07, 6.45) is 3.53. The largest absolute Gasteiger partial charge is 0.357 e. The molecule has 6 heteroatoms. The van der Waals surface area contributed by atoms with Crippen molar-refractivity contribution in [2.24, 2.45) is 10.9 Å². The molecule has 0 amide bonds. The Morgan fingerprint density at radius 1 is 1.32 bits per heavy atom. The van der Waals surface area contributed by atoms with Gasteiger partial charge in [-0.2, -0.15) is 0 Å². The van der Waals surface area contributed by atoms with E-state index in [1.165, 1.54) is 12.8 Å². The molecule has 1 aliphatic rings. The standard InChI is InChI=1S/C16H23N5.HI/c1-2-17-16(19-11-12-7-8-12)18-10-9-15-20-13-5-3-4-6-14(13)21-15;/h3-6,12H,2,7-11H2,1H3,(H,20,21)(H2,17,18,19);1H. The SMILES string of the molecule is CCNC(=NCC1CC1)NCCc1nc2ccccc2[nH]1.I. The molecule has 1 saturated carbocycles. The highest BCUT2D eigenvalue weighted by Crippen LogP contribution is 2.28. The number of para-hydroxylation sites is 2. The molecule has 5 nitrogen and oxygen atoms in total. The molecule has 3 rings (SSSR count). The van der Waals surface area contributed by atoms with Crippen LogP contribution in [0.15, 0.2) is 29.3 Å². The third-order valence-electron chi connectivity index (χ3n) is 3.64. The van der Waals surface area contributed by atoms with E-state index in [0.717, 1.165) is 54.8 Å². The summed E-state index contributed by atoms with van der Waals surface area (Å²) < 4.78 is 0. The molecular weight excluding hydrogens is 389 g/mol. The molecule has 0 atom stereocenters. The fourth-order valence-electron chi connectivity index (χ4n) is 2.29. The van der Waals surface area contributed by atoms with Crippen LogP contribution in [0.5, 0.6) is 0 Å². The quantitative estimate of drug-likeness (QED) is 0.388. The zero-order chi connectivity index (χ0) is 14.5. The lowest BCUT2D eigenvalue weighted by Crippen LogP contribution is -2.38. The number of nitrogens with zero attached hydrogens (tertiary/aromatic N) is 2. The van der Waals surface area contributed by atoms with Gasteiger partial charge in [-0.25, -0.2) is 4.98 Å². The molecule has 0 aliphatic heterocycles. The van der Waals surface area contributed by atoms with Crippen LogP contribution in [0.2, 0.25) is 0 Å². The summed E-state index contributed by atoms with van der Waals surface area (Å²) in [5.74, 6) is 2.75. The molecule has 0 spiro atoms.